The maximum atomic E-state index is 12.7. The lowest BCUT2D eigenvalue weighted by Crippen LogP contribution is -2.50. The Labute approximate surface area is 167 Å². The zero-order chi connectivity index (χ0) is 19.2. The van der Waals surface area contributed by atoms with Crippen molar-refractivity contribution >= 4 is 38.7 Å². The summed E-state index contributed by atoms with van der Waals surface area (Å²) < 4.78 is 6.56. The molecule has 0 aromatic carbocycles. The zero-order valence-electron chi connectivity index (χ0n) is 16.0. The number of pyridine rings is 1. The molecule has 3 heterocycles. The number of hydrogen-bond donors (Lipinski definition) is 1. The van der Waals surface area contributed by atoms with Gasteiger partial charge in [-0.2, -0.15) is 5.10 Å². The minimum absolute atomic E-state index is 0.164. The van der Waals surface area contributed by atoms with E-state index in [0.29, 0.717) is 6.04 Å². The summed E-state index contributed by atoms with van der Waals surface area (Å²) in [6.07, 6.45) is 7.56. The van der Waals surface area contributed by atoms with Crippen molar-refractivity contribution in [1.29, 1.82) is 0 Å². The predicted octanol–water partition coefficient (Wildman–Crippen LogP) is 4.09. The number of piperidine rings is 1. The fourth-order valence-corrected chi connectivity index (χ4v) is 4.17. The number of H-pyrrole nitrogens is 1. The van der Waals surface area contributed by atoms with Crippen LogP contribution in [0.3, 0.4) is 0 Å². The number of carbonyl (C=O) groups is 1. The first-order valence-corrected chi connectivity index (χ1v) is 10.4. The lowest BCUT2D eigenvalue weighted by Gasteiger charge is -2.39. The molecule has 2 aromatic heterocycles. The Bertz CT molecular complexity index is 834. The van der Waals surface area contributed by atoms with Gasteiger partial charge in [-0.3, -0.25) is 5.10 Å². The highest BCUT2D eigenvalue weighted by atomic mass is 79.9. The number of ether oxygens (including phenoxy) is 1. The van der Waals surface area contributed by atoms with Crippen molar-refractivity contribution in [2.45, 2.75) is 64.1 Å². The van der Waals surface area contributed by atoms with E-state index >= 15 is 0 Å². The van der Waals surface area contributed by atoms with E-state index in [1.54, 1.807) is 0 Å². The average molecular weight is 436 g/mol. The van der Waals surface area contributed by atoms with Gasteiger partial charge in [-0.1, -0.05) is 0 Å². The van der Waals surface area contributed by atoms with Crippen LogP contribution in [0.4, 0.5) is 10.6 Å². The second-order valence-electron chi connectivity index (χ2n) is 8.41. The summed E-state index contributed by atoms with van der Waals surface area (Å²) in [6, 6.07) is 0.585. The molecule has 27 heavy (non-hydrogen) atoms. The number of anilines is 1. The Morgan fingerprint density at radius 1 is 1.26 bits per heavy atom. The number of nitrogens with zero attached hydrogens (tertiary/aromatic N) is 4. The van der Waals surface area contributed by atoms with E-state index in [4.69, 9.17) is 4.74 Å². The SMILES string of the molecule is CC(C)(C)OC(=O)N(C1CC1)C1CCN(c2ncc(Br)c3n[nH]cc23)CC1. The summed E-state index contributed by atoms with van der Waals surface area (Å²) in [6.45, 7) is 7.51. The minimum atomic E-state index is -0.459. The van der Waals surface area contributed by atoms with Crippen molar-refractivity contribution in [3.05, 3.63) is 16.9 Å². The van der Waals surface area contributed by atoms with E-state index in [2.05, 4.69) is 36.0 Å². The summed E-state index contributed by atoms with van der Waals surface area (Å²) in [7, 11) is 0. The highest BCUT2D eigenvalue weighted by molar-refractivity contribution is 9.10. The van der Waals surface area contributed by atoms with Gasteiger partial charge in [0.25, 0.3) is 0 Å². The van der Waals surface area contributed by atoms with E-state index in [-0.39, 0.29) is 12.1 Å². The summed E-state index contributed by atoms with van der Waals surface area (Å²) in [5.74, 6) is 0.954. The Kier molecular flexibility index (Phi) is 4.78. The van der Waals surface area contributed by atoms with Crippen molar-refractivity contribution < 1.29 is 9.53 Å². The molecule has 1 saturated carbocycles. The zero-order valence-corrected chi connectivity index (χ0v) is 17.6. The molecule has 2 aliphatic rings. The van der Waals surface area contributed by atoms with Gasteiger partial charge in [-0.05, 0) is 62.4 Å². The van der Waals surface area contributed by atoms with Gasteiger partial charge in [0.05, 0.1) is 9.86 Å². The van der Waals surface area contributed by atoms with Crippen molar-refractivity contribution in [3.63, 3.8) is 0 Å². The lowest BCUT2D eigenvalue weighted by molar-refractivity contribution is 0.0114. The monoisotopic (exact) mass is 435 g/mol. The van der Waals surface area contributed by atoms with E-state index < -0.39 is 5.60 Å². The molecule has 1 aliphatic carbocycles. The number of aromatic nitrogens is 3. The topological polar surface area (TPSA) is 74.3 Å². The van der Waals surface area contributed by atoms with E-state index in [1.807, 2.05) is 38.1 Å². The second-order valence-corrected chi connectivity index (χ2v) is 9.27. The molecule has 0 unspecified atom stereocenters. The van der Waals surface area contributed by atoms with Crippen LogP contribution in [0.25, 0.3) is 10.9 Å². The first-order valence-electron chi connectivity index (χ1n) is 9.58. The van der Waals surface area contributed by atoms with Crippen molar-refractivity contribution in [1.82, 2.24) is 20.1 Å². The van der Waals surface area contributed by atoms with Crippen LogP contribution >= 0.6 is 15.9 Å². The van der Waals surface area contributed by atoms with Gasteiger partial charge in [0.1, 0.15) is 16.9 Å². The Balaban J connectivity index is 1.47. The van der Waals surface area contributed by atoms with Crippen molar-refractivity contribution in [2.75, 3.05) is 18.0 Å². The molecule has 8 heteroatoms. The smallest absolute Gasteiger partial charge is 0.410 e. The molecule has 0 atom stereocenters. The third-order valence-corrected chi connectivity index (χ3v) is 5.69. The van der Waals surface area contributed by atoms with Gasteiger partial charge < -0.3 is 14.5 Å². The maximum Gasteiger partial charge on any atom is 0.410 e. The third-order valence-electron chi connectivity index (χ3n) is 5.11. The first-order chi connectivity index (χ1) is 12.8. The quantitative estimate of drug-likeness (QED) is 0.785. The molecule has 0 spiro atoms. The summed E-state index contributed by atoms with van der Waals surface area (Å²) in [5.41, 5.74) is 0.439. The molecular weight excluding hydrogens is 410 g/mol. The molecule has 1 saturated heterocycles. The number of fused-ring (bicyclic) bond motifs is 1. The molecule has 7 nitrogen and oxygen atoms in total. The second kappa shape index (κ2) is 6.96. The molecule has 0 bridgehead atoms. The van der Waals surface area contributed by atoms with Crippen LogP contribution in [0.1, 0.15) is 46.5 Å². The van der Waals surface area contributed by atoms with Gasteiger partial charge in [-0.25, -0.2) is 9.78 Å². The molecule has 1 amide bonds. The summed E-state index contributed by atoms with van der Waals surface area (Å²) >= 11 is 3.50. The van der Waals surface area contributed by atoms with Gasteiger partial charge in [-0.15, -0.1) is 0 Å². The fraction of sp³-hybridized carbons (Fsp3) is 0.632. The fourth-order valence-electron chi connectivity index (χ4n) is 3.76. The number of rotatable bonds is 3. The number of amides is 1. The molecule has 2 aromatic rings. The van der Waals surface area contributed by atoms with Gasteiger partial charge in [0.2, 0.25) is 0 Å². The summed E-state index contributed by atoms with van der Waals surface area (Å²) in [4.78, 5) is 21.6. The number of nitrogens with one attached hydrogen (secondary N) is 1. The summed E-state index contributed by atoms with van der Waals surface area (Å²) in [5, 5.41) is 8.25. The Morgan fingerprint density at radius 3 is 2.56 bits per heavy atom. The van der Waals surface area contributed by atoms with Crippen LogP contribution < -0.4 is 4.90 Å². The molecule has 4 rings (SSSR count). The van der Waals surface area contributed by atoms with E-state index in [9.17, 15) is 4.79 Å². The highest BCUT2D eigenvalue weighted by Gasteiger charge is 2.40. The third kappa shape index (κ3) is 3.90. The minimum Gasteiger partial charge on any atom is -0.444 e. The molecular formula is C19H26BrN5O2. The van der Waals surface area contributed by atoms with Gasteiger partial charge in [0.15, 0.2) is 0 Å². The molecule has 146 valence electrons. The standard InChI is InChI=1S/C19H26BrN5O2/c1-19(2,3)27-18(26)25(12-4-5-12)13-6-8-24(9-7-13)17-14-10-22-23-16(14)15(20)11-21-17/h10-13H,4-9H2,1-3H3,(H,22,23). The Morgan fingerprint density at radius 2 is 1.93 bits per heavy atom. The first kappa shape index (κ1) is 18.5. The van der Waals surface area contributed by atoms with Crippen LogP contribution in [-0.4, -0.2) is 56.9 Å². The van der Waals surface area contributed by atoms with Crippen molar-refractivity contribution in [2.24, 2.45) is 0 Å². The number of aromatic amines is 1. The Hall–Kier alpha value is -1.83. The van der Waals surface area contributed by atoms with Gasteiger partial charge in [0, 0.05) is 37.6 Å². The molecule has 1 N–H and O–H groups in total. The normalized spacial score (nSPS) is 18.7. The van der Waals surface area contributed by atoms with Crippen LogP contribution in [0.15, 0.2) is 16.9 Å². The number of carbonyl (C=O) groups excluding carboxylic acids is 1. The van der Waals surface area contributed by atoms with E-state index in [0.717, 1.165) is 60.0 Å². The molecule has 1 aliphatic heterocycles. The van der Waals surface area contributed by atoms with Crippen molar-refractivity contribution in [3.8, 4) is 0 Å². The van der Waals surface area contributed by atoms with Crippen LogP contribution in [0, 0.1) is 0 Å². The maximum absolute atomic E-state index is 12.7. The van der Waals surface area contributed by atoms with Gasteiger partial charge >= 0.3 is 6.09 Å². The predicted molar refractivity (Wildman–Crippen MR) is 108 cm³/mol. The van der Waals surface area contributed by atoms with Crippen LogP contribution in [0.5, 0.6) is 0 Å². The van der Waals surface area contributed by atoms with E-state index in [1.165, 1.54) is 0 Å². The molecule has 2 fully saturated rings. The largest absolute Gasteiger partial charge is 0.444 e. The molecule has 0 radical (unpaired) electrons. The van der Waals surface area contributed by atoms with Crippen LogP contribution in [0.2, 0.25) is 0 Å². The number of hydrogen-bond acceptors (Lipinski definition) is 5. The lowest BCUT2D eigenvalue weighted by atomic mass is 10.0. The number of halogens is 1. The average Bonchev–Trinajstić information content (AvgIpc) is 3.29. The van der Waals surface area contributed by atoms with Crippen LogP contribution in [-0.2, 0) is 4.74 Å². The highest BCUT2D eigenvalue weighted by Crippen LogP contribution is 2.35.